The van der Waals surface area contributed by atoms with Crippen molar-refractivity contribution in [3.05, 3.63) is 22.7 Å². The van der Waals surface area contributed by atoms with Crippen LogP contribution in [0, 0.1) is 24.2 Å². The molecule has 0 saturated carbocycles. The van der Waals surface area contributed by atoms with Gasteiger partial charge >= 0.3 is 0 Å². The second kappa shape index (κ2) is 4.50. The average molecular weight is 287 g/mol. The lowest BCUT2D eigenvalue weighted by atomic mass is 9.60. The van der Waals surface area contributed by atoms with Crippen molar-refractivity contribution < 1.29 is 4.74 Å². The fourth-order valence-corrected chi connectivity index (χ4v) is 3.95. The van der Waals surface area contributed by atoms with Crippen LogP contribution in [0.2, 0.25) is 0 Å². The predicted octanol–water partition coefficient (Wildman–Crippen LogP) is 1.40. The van der Waals surface area contributed by atoms with Gasteiger partial charge in [-0.2, -0.15) is 5.26 Å². The molecule has 2 aliphatic rings. The van der Waals surface area contributed by atoms with Gasteiger partial charge in [0.25, 0.3) is 0 Å². The van der Waals surface area contributed by atoms with Gasteiger partial charge in [-0.25, -0.2) is 0 Å². The molecule has 3 rings (SSSR count). The molecule has 6 heteroatoms. The first-order valence-corrected chi connectivity index (χ1v) is 7.25. The second-order valence-corrected chi connectivity index (χ2v) is 6.35. The molecule has 1 aromatic rings. The molecular weight excluding hydrogens is 266 g/mol. The van der Waals surface area contributed by atoms with E-state index >= 15 is 0 Å². The van der Waals surface area contributed by atoms with Gasteiger partial charge < -0.3 is 15.4 Å². The van der Waals surface area contributed by atoms with Crippen LogP contribution < -0.4 is 10.5 Å². The van der Waals surface area contributed by atoms with E-state index < -0.39 is 5.41 Å². The largest absolute Gasteiger partial charge is 0.420 e. The number of piperidine rings is 1. The number of nitrogens with two attached hydrogens (primary N) is 1. The second-order valence-electron chi connectivity index (χ2n) is 6.35. The summed E-state index contributed by atoms with van der Waals surface area (Å²) in [6.07, 6.45) is 0.838. The standard InChI is InChI=1S/C15H21N5O/c1-8-7-20(4)9(2)5-15(8)11(6-16)13(17)21-14-12(15)10(3)18-19-14/h8-9H,5,7,17H2,1-4H3,(H,18,19)/t8-,9?,15?/m1/s1. The van der Waals surface area contributed by atoms with Crippen molar-refractivity contribution >= 4 is 0 Å². The monoisotopic (exact) mass is 287 g/mol. The Kier molecular flexibility index (Phi) is 2.99. The van der Waals surface area contributed by atoms with Crippen LogP contribution in [0.4, 0.5) is 0 Å². The SMILES string of the molecule is Cc1[nH]nc2c1C1(CC(C)N(C)C[C@H]1C)C(C#N)=C(N)O2. The fraction of sp³-hybridized carbons (Fsp3) is 0.600. The smallest absolute Gasteiger partial charge is 0.244 e. The maximum atomic E-state index is 9.69. The van der Waals surface area contributed by atoms with Crippen molar-refractivity contribution in [2.24, 2.45) is 11.7 Å². The summed E-state index contributed by atoms with van der Waals surface area (Å²) in [6, 6.07) is 2.67. The number of nitrogens with zero attached hydrogens (tertiary/aromatic N) is 3. The van der Waals surface area contributed by atoms with E-state index in [4.69, 9.17) is 10.5 Å². The molecule has 3 N–H and O–H groups in total. The van der Waals surface area contributed by atoms with Crippen LogP contribution >= 0.6 is 0 Å². The number of nitrogens with one attached hydrogen (secondary N) is 1. The third kappa shape index (κ3) is 1.70. The lowest BCUT2D eigenvalue weighted by molar-refractivity contribution is 0.0888. The normalized spacial score (nSPS) is 32.7. The van der Waals surface area contributed by atoms with Crippen LogP contribution in [0.25, 0.3) is 0 Å². The molecule has 1 spiro atoms. The van der Waals surface area contributed by atoms with Gasteiger partial charge in [0, 0.05) is 29.3 Å². The van der Waals surface area contributed by atoms with E-state index in [0.29, 0.717) is 17.5 Å². The van der Waals surface area contributed by atoms with E-state index in [1.54, 1.807) is 0 Å². The number of fused-ring (bicyclic) bond motifs is 2. The summed E-state index contributed by atoms with van der Waals surface area (Å²) in [6.45, 7) is 7.24. The number of nitriles is 1. The van der Waals surface area contributed by atoms with Crippen LogP contribution in [0.1, 0.15) is 31.5 Å². The quantitative estimate of drug-likeness (QED) is 0.752. The number of ether oxygens (including phenoxy) is 1. The molecule has 0 amide bonds. The fourth-order valence-electron chi connectivity index (χ4n) is 3.95. The Morgan fingerprint density at radius 1 is 1.52 bits per heavy atom. The first-order valence-electron chi connectivity index (χ1n) is 7.25. The van der Waals surface area contributed by atoms with Crippen LogP contribution in [-0.4, -0.2) is 34.7 Å². The highest BCUT2D eigenvalue weighted by Crippen LogP contribution is 2.53. The van der Waals surface area contributed by atoms with E-state index in [1.807, 2.05) is 6.92 Å². The Morgan fingerprint density at radius 2 is 2.24 bits per heavy atom. The Morgan fingerprint density at radius 3 is 2.90 bits per heavy atom. The van der Waals surface area contributed by atoms with Crippen molar-refractivity contribution in [3.8, 4) is 11.9 Å². The number of hydrogen-bond acceptors (Lipinski definition) is 5. The van der Waals surface area contributed by atoms with Gasteiger partial charge in [0.1, 0.15) is 11.6 Å². The molecule has 2 unspecified atom stereocenters. The molecule has 21 heavy (non-hydrogen) atoms. The molecule has 0 aliphatic carbocycles. The lowest BCUT2D eigenvalue weighted by Gasteiger charge is -2.50. The number of aromatic nitrogens is 2. The lowest BCUT2D eigenvalue weighted by Crippen LogP contribution is -2.54. The van der Waals surface area contributed by atoms with Crippen molar-refractivity contribution in [3.63, 3.8) is 0 Å². The van der Waals surface area contributed by atoms with Gasteiger partial charge in [-0.05, 0) is 33.2 Å². The van der Waals surface area contributed by atoms with Crippen LogP contribution in [0.3, 0.4) is 0 Å². The van der Waals surface area contributed by atoms with Crippen molar-refractivity contribution in [1.82, 2.24) is 15.1 Å². The highest BCUT2D eigenvalue weighted by atomic mass is 16.5. The number of aryl methyl sites for hydroxylation is 1. The highest BCUT2D eigenvalue weighted by molar-refractivity contribution is 5.55. The maximum Gasteiger partial charge on any atom is 0.244 e. The highest BCUT2D eigenvalue weighted by Gasteiger charge is 2.53. The van der Waals surface area contributed by atoms with Gasteiger partial charge in [0.2, 0.25) is 11.8 Å². The van der Waals surface area contributed by atoms with E-state index in [-0.39, 0.29) is 11.8 Å². The number of H-pyrrole nitrogens is 1. The molecular formula is C15H21N5O. The third-order valence-corrected chi connectivity index (χ3v) is 5.14. The zero-order valence-electron chi connectivity index (χ0n) is 12.9. The van der Waals surface area contributed by atoms with E-state index in [9.17, 15) is 5.26 Å². The summed E-state index contributed by atoms with van der Waals surface area (Å²) in [5, 5.41) is 16.9. The zero-order chi connectivity index (χ0) is 15.4. The van der Waals surface area contributed by atoms with Gasteiger partial charge in [-0.15, -0.1) is 5.10 Å². The van der Waals surface area contributed by atoms with Gasteiger partial charge in [0.15, 0.2) is 0 Å². The summed E-state index contributed by atoms with van der Waals surface area (Å²) in [4.78, 5) is 2.33. The zero-order valence-corrected chi connectivity index (χ0v) is 12.9. The van der Waals surface area contributed by atoms with Crippen molar-refractivity contribution in [2.45, 2.75) is 38.6 Å². The number of allylic oxidation sites excluding steroid dienone is 1. The molecule has 0 bridgehead atoms. The molecule has 6 nitrogen and oxygen atoms in total. The number of aromatic amines is 1. The molecule has 1 aromatic heterocycles. The number of likely N-dealkylation sites (tertiary alicyclic amines) is 1. The molecule has 0 aromatic carbocycles. The van der Waals surface area contributed by atoms with Gasteiger partial charge in [-0.1, -0.05) is 6.92 Å². The molecule has 1 saturated heterocycles. The van der Waals surface area contributed by atoms with E-state index in [1.165, 1.54) is 0 Å². The molecule has 3 heterocycles. The molecule has 3 atom stereocenters. The van der Waals surface area contributed by atoms with Gasteiger partial charge in [-0.3, -0.25) is 5.10 Å². The van der Waals surface area contributed by atoms with Crippen LogP contribution in [0.5, 0.6) is 5.88 Å². The molecule has 1 fully saturated rings. The summed E-state index contributed by atoms with van der Waals surface area (Å²) >= 11 is 0. The average Bonchev–Trinajstić information content (AvgIpc) is 2.78. The summed E-state index contributed by atoms with van der Waals surface area (Å²) < 4.78 is 5.57. The summed E-state index contributed by atoms with van der Waals surface area (Å²) in [7, 11) is 2.12. The molecule has 2 aliphatic heterocycles. The first kappa shape index (κ1) is 14.0. The number of hydrogen-bond donors (Lipinski definition) is 2. The first-order chi connectivity index (χ1) is 9.91. The summed E-state index contributed by atoms with van der Waals surface area (Å²) in [5.74, 6) is 0.971. The Bertz CT molecular complexity index is 656. The van der Waals surface area contributed by atoms with Crippen molar-refractivity contribution in [2.75, 3.05) is 13.6 Å². The third-order valence-electron chi connectivity index (χ3n) is 5.14. The van der Waals surface area contributed by atoms with Crippen LogP contribution in [0.15, 0.2) is 11.5 Å². The minimum atomic E-state index is -0.407. The Hall–Kier alpha value is -2.00. The predicted molar refractivity (Wildman–Crippen MR) is 78.3 cm³/mol. The Labute approximate surface area is 124 Å². The maximum absolute atomic E-state index is 9.69. The topological polar surface area (TPSA) is 91.0 Å². The molecule has 112 valence electrons. The van der Waals surface area contributed by atoms with Gasteiger partial charge in [0.05, 0.1) is 0 Å². The van der Waals surface area contributed by atoms with E-state index in [0.717, 1.165) is 24.2 Å². The Balaban J connectivity index is 2.26. The minimum Gasteiger partial charge on any atom is -0.420 e. The van der Waals surface area contributed by atoms with E-state index in [2.05, 4.69) is 42.1 Å². The molecule has 0 radical (unpaired) electrons. The van der Waals surface area contributed by atoms with Crippen LogP contribution in [-0.2, 0) is 5.41 Å². The minimum absolute atomic E-state index is 0.195. The summed E-state index contributed by atoms with van der Waals surface area (Å²) in [5.41, 5.74) is 8.12. The van der Waals surface area contributed by atoms with Crippen molar-refractivity contribution in [1.29, 1.82) is 5.26 Å². The number of rotatable bonds is 0.